The van der Waals surface area contributed by atoms with Crippen LogP contribution >= 0.6 is 11.8 Å². The van der Waals surface area contributed by atoms with Crippen LogP contribution in [0.2, 0.25) is 0 Å². The zero-order valence-electron chi connectivity index (χ0n) is 26.8. The summed E-state index contributed by atoms with van der Waals surface area (Å²) in [5, 5.41) is 7.14. The summed E-state index contributed by atoms with van der Waals surface area (Å²) >= 11 is 1.64. The van der Waals surface area contributed by atoms with E-state index in [2.05, 4.69) is 123 Å². The SMILES string of the molecule is [C-]#[N+]c1cc(Sc2ccc3c4ccccc4n(-c4cc(C(C)(C)C)ccn4)c3c2)cc(-c2nc(C)nn2-c2c(C)cccc2C)c1. The van der Waals surface area contributed by atoms with Crippen molar-refractivity contribution in [2.75, 3.05) is 0 Å². The van der Waals surface area contributed by atoms with Gasteiger partial charge in [0.2, 0.25) is 0 Å². The van der Waals surface area contributed by atoms with Gasteiger partial charge in [0, 0.05) is 32.3 Å². The fraction of sp³-hybridized carbons (Fsp3) is 0.179. The quantitative estimate of drug-likeness (QED) is 0.180. The highest BCUT2D eigenvalue weighted by Gasteiger charge is 2.19. The minimum Gasteiger partial charge on any atom is -0.294 e. The van der Waals surface area contributed by atoms with E-state index in [1.165, 1.54) is 16.3 Å². The van der Waals surface area contributed by atoms with Gasteiger partial charge in [-0.25, -0.2) is 19.5 Å². The van der Waals surface area contributed by atoms with E-state index in [-0.39, 0.29) is 5.41 Å². The van der Waals surface area contributed by atoms with Crippen molar-refractivity contribution in [2.24, 2.45) is 0 Å². The number of fused-ring (bicyclic) bond motifs is 3. The molecule has 0 fully saturated rings. The first-order valence-corrected chi connectivity index (χ1v) is 16.1. The molecule has 7 heteroatoms. The molecule has 7 rings (SSSR count). The molecule has 46 heavy (non-hydrogen) atoms. The lowest BCUT2D eigenvalue weighted by atomic mass is 9.88. The standard InChI is InChI=1S/C39H34N6S/c1-24-11-10-12-25(2)37(24)45-38(42-26(3)43-45)27-19-29(40-7)22-31(20-27)46-30-15-16-33-32-13-8-9-14-34(32)44(35(33)23-30)36-21-28(17-18-41-36)39(4,5)6/h8-23H,1-6H3. The third kappa shape index (κ3) is 5.25. The van der Waals surface area contributed by atoms with Gasteiger partial charge in [-0.05, 0) is 91.4 Å². The average Bonchev–Trinajstić information content (AvgIpc) is 3.57. The Morgan fingerprint density at radius 1 is 0.761 bits per heavy atom. The van der Waals surface area contributed by atoms with E-state index in [9.17, 15) is 0 Å². The Morgan fingerprint density at radius 3 is 2.28 bits per heavy atom. The molecule has 0 amide bonds. The van der Waals surface area contributed by atoms with Crippen LogP contribution in [0.25, 0.3) is 49.5 Å². The van der Waals surface area contributed by atoms with Crippen LogP contribution in [0.15, 0.2) is 107 Å². The number of para-hydroxylation sites is 2. The van der Waals surface area contributed by atoms with E-state index in [4.69, 9.17) is 21.6 Å². The molecule has 0 aliphatic carbocycles. The molecule has 0 atom stereocenters. The largest absolute Gasteiger partial charge is 0.294 e. The number of aromatic nitrogens is 5. The van der Waals surface area contributed by atoms with Gasteiger partial charge in [-0.15, -0.1) is 0 Å². The number of hydrogen-bond donors (Lipinski definition) is 0. The number of rotatable bonds is 5. The maximum absolute atomic E-state index is 7.89. The van der Waals surface area contributed by atoms with Crippen molar-refractivity contribution in [1.29, 1.82) is 0 Å². The molecule has 0 unspecified atom stereocenters. The molecule has 0 N–H and O–H groups in total. The van der Waals surface area contributed by atoms with E-state index in [0.29, 0.717) is 11.5 Å². The minimum absolute atomic E-state index is 0.00374. The monoisotopic (exact) mass is 618 g/mol. The first kappa shape index (κ1) is 29.5. The number of nitrogens with zero attached hydrogens (tertiary/aromatic N) is 6. The smallest absolute Gasteiger partial charge is 0.189 e. The van der Waals surface area contributed by atoms with Gasteiger partial charge in [-0.3, -0.25) is 4.57 Å². The summed E-state index contributed by atoms with van der Waals surface area (Å²) in [4.78, 5) is 15.5. The predicted molar refractivity (Wildman–Crippen MR) is 189 cm³/mol. The molecule has 0 radical (unpaired) electrons. The fourth-order valence-corrected chi connectivity index (χ4v) is 7.08. The highest BCUT2D eigenvalue weighted by Crippen LogP contribution is 2.39. The van der Waals surface area contributed by atoms with E-state index in [1.807, 2.05) is 29.9 Å². The molecule has 0 aliphatic rings. The summed E-state index contributed by atoms with van der Waals surface area (Å²) in [6, 6.07) is 31.6. The average molecular weight is 619 g/mol. The molecule has 226 valence electrons. The van der Waals surface area contributed by atoms with Crippen molar-refractivity contribution in [2.45, 2.75) is 56.7 Å². The Morgan fingerprint density at radius 2 is 1.52 bits per heavy atom. The number of aryl methyl sites for hydroxylation is 3. The Balaban J connectivity index is 1.35. The van der Waals surface area contributed by atoms with E-state index in [1.54, 1.807) is 11.8 Å². The molecule has 0 bridgehead atoms. The molecular formula is C39H34N6S. The van der Waals surface area contributed by atoms with Crippen LogP contribution in [-0.4, -0.2) is 24.3 Å². The second-order valence-electron chi connectivity index (χ2n) is 12.7. The van der Waals surface area contributed by atoms with Crippen LogP contribution < -0.4 is 0 Å². The molecule has 0 saturated heterocycles. The predicted octanol–water partition coefficient (Wildman–Crippen LogP) is 10.4. The second kappa shape index (κ2) is 11.3. The van der Waals surface area contributed by atoms with Gasteiger partial charge in [-0.2, -0.15) is 5.10 Å². The summed E-state index contributed by atoms with van der Waals surface area (Å²) in [5.41, 5.74) is 8.13. The van der Waals surface area contributed by atoms with Crippen LogP contribution in [0.4, 0.5) is 5.69 Å². The van der Waals surface area contributed by atoms with Gasteiger partial charge >= 0.3 is 0 Å². The highest BCUT2D eigenvalue weighted by atomic mass is 32.2. The van der Waals surface area contributed by atoms with Gasteiger partial charge in [-0.1, -0.05) is 75.0 Å². The molecule has 0 spiro atoms. The third-order valence-corrected chi connectivity index (χ3v) is 9.33. The van der Waals surface area contributed by atoms with Crippen molar-refractivity contribution in [3.05, 3.63) is 131 Å². The lowest BCUT2D eigenvalue weighted by Gasteiger charge is -2.20. The maximum Gasteiger partial charge on any atom is 0.189 e. The zero-order chi connectivity index (χ0) is 32.2. The van der Waals surface area contributed by atoms with Crippen molar-refractivity contribution in [1.82, 2.24) is 24.3 Å². The van der Waals surface area contributed by atoms with Crippen molar-refractivity contribution in [3.63, 3.8) is 0 Å². The van der Waals surface area contributed by atoms with Gasteiger partial charge < -0.3 is 0 Å². The fourth-order valence-electron chi connectivity index (χ4n) is 6.14. The summed E-state index contributed by atoms with van der Waals surface area (Å²) in [6.07, 6.45) is 1.91. The van der Waals surface area contributed by atoms with Gasteiger partial charge in [0.1, 0.15) is 11.6 Å². The maximum atomic E-state index is 7.89. The van der Waals surface area contributed by atoms with E-state index < -0.39 is 0 Å². The van der Waals surface area contributed by atoms with Crippen molar-refractivity contribution < 1.29 is 0 Å². The molecular weight excluding hydrogens is 585 g/mol. The normalized spacial score (nSPS) is 11.8. The molecule has 4 aromatic carbocycles. The topological polar surface area (TPSA) is 52.9 Å². The molecule has 6 nitrogen and oxygen atoms in total. The van der Waals surface area contributed by atoms with Crippen LogP contribution in [0.3, 0.4) is 0 Å². The van der Waals surface area contributed by atoms with E-state index in [0.717, 1.165) is 54.8 Å². The summed E-state index contributed by atoms with van der Waals surface area (Å²) in [6.45, 7) is 20.6. The first-order chi connectivity index (χ1) is 22.1. The van der Waals surface area contributed by atoms with Gasteiger partial charge in [0.05, 0.1) is 23.3 Å². The van der Waals surface area contributed by atoms with Crippen LogP contribution in [0.5, 0.6) is 0 Å². The number of hydrogen-bond acceptors (Lipinski definition) is 4. The molecule has 0 aliphatic heterocycles. The minimum atomic E-state index is 0.00374. The third-order valence-electron chi connectivity index (χ3n) is 8.36. The van der Waals surface area contributed by atoms with Crippen LogP contribution in [0.1, 0.15) is 43.3 Å². The van der Waals surface area contributed by atoms with Gasteiger partial charge in [0.15, 0.2) is 11.5 Å². The highest BCUT2D eigenvalue weighted by molar-refractivity contribution is 7.99. The van der Waals surface area contributed by atoms with Crippen LogP contribution in [-0.2, 0) is 5.41 Å². The Kier molecular flexibility index (Phi) is 7.26. The molecule has 3 aromatic heterocycles. The lowest BCUT2D eigenvalue weighted by molar-refractivity contribution is 0.588. The second-order valence-corrected chi connectivity index (χ2v) is 13.9. The molecule has 3 heterocycles. The van der Waals surface area contributed by atoms with Crippen molar-refractivity contribution >= 4 is 39.3 Å². The summed E-state index contributed by atoms with van der Waals surface area (Å²) in [5.74, 6) is 2.31. The summed E-state index contributed by atoms with van der Waals surface area (Å²) in [7, 11) is 0. The molecule has 7 aromatic rings. The number of benzene rings is 4. The van der Waals surface area contributed by atoms with Gasteiger partial charge in [0.25, 0.3) is 0 Å². The Hall–Kier alpha value is -5.19. The molecule has 0 saturated carbocycles. The lowest BCUT2D eigenvalue weighted by Crippen LogP contribution is -2.12. The van der Waals surface area contributed by atoms with E-state index >= 15 is 0 Å². The Labute approximate surface area is 273 Å². The van der Waals surface area contributed by atoms with Crippen LogP contribution in [0, 0.1) is 27.3 Å². The summed E-state index contributed by atoms with van der Waals surface area (Å²) < 4.78 is 4.18. The zero-order valence-corrected chi connectivity index (χ0v) is 27.6. The number of pyridine rings is 1. The first-order valence-electron chi connectivity index (χ1n) is 15.3. The Bertz CT molecular complexity index is 2310. The van der Waals surface area contributed by atoms with Crippen molar-refractivity contribution in [3.8, 4) is 22.9 Å².